The van der Waals surface area contributed by atoms with E-state index in [0.717, 1.165) is 30.0 Å². The van der Waals surface area contributed by atoms with Crippen LogP contribution in [0.2, 0.25) is 0 Å². The lowest BCUT2D eigenvalue weighted by Crippen LogP contribution is -2.52. The first-order valence-electron chi connectivity index (χ1n) is 10.4. The van der Waals surface area contributed by atoms with Crippen molar-refractivity contribution in [2.45, 2.75) is 58.0 Å². The van der Waals surface area contributed by atoms with Crippen LogP contribution in [-0.4, -0.2) is 41.9 Å². The summed E-state index contributed by atoms with van der Waals surface area (Å²) in [7, 11) is 2.14. The zero-order chi connectivity index (χ0) is 19.5. The number of hydrogen-bond acceptors (Lipinski definition) is 6. The monoisotopic (exact) mass is 378 g/mol. The Balaban J connectivity index is 1.60. The summed E-state index contributed by atoms with van der Waals surface area (Å²) in [5.74, 6) is 1.60. The molecule has 1 saturated carbocycles. The molecule has 0 saturated heterocycles. The number of rotatable bonds is 5. The molecule has 6 heteroatoms. The van der Waals surface area contributed by atoms with E-state index in [0.29, 0.717) is 18.0 Å². The third kappa shape index (κ3) is 3.68. The molecule has 28 heavy (non-hydrogen) atoms. The molecule has 6 nitrogen and oxygen atoms in total. The Bertz CT molecular complexity index is 843. The average molecular weight is 379 g/mol. The largest absolute Gasteiger partial charge is 0.368 e. The number of nitrogens with one attached hydrogen (secondary N) is 1. The van der Waals surface area contributed by atoms with Crippen molar-refractivity contribution in [3.8, 4) is 0 Å². The predicted octanol–water partition coefficient (Wildman–Crippen LogP) is 4.21. The normalized spacial score (nSPS) is 20.0. The summed E-state index contributed by atoms with van der Waals surface area (Å²) in [4.78, 5) is 14.3. The lowest BCUT2D eigenvalue weighted by atomic mass is 10.0. The standard InChI is InChI=1S/C22H30N6/c1-4-18-15-27(3)20-14-23-22(25-21(20)28(18)19-11-7-8-12-19)26-24-13-17-10-6-5-9-16(17)2/h5-6,9-10,13-14,18-19H,4,7-8,11-12,15H2,1-3H3,(H,23,25,26)/b24-13+. The molecule has 148 valence electrons. The average Bonchev–Trinajstić information content (AvgIpc) is 3.23. The summed E-state index contributed by atoms with van der Waals surface area (Å²) in [6.45, 7) is 5.39. The summed E-state index contributed by atoms with van der Waals surface area (Å²) in [6.07, 6.45) is 10.0. The summed E-state index contributed by atoms with van der Waals surface area (Å²) in [6, 6.07) is 9.28. The van der Waals surface area contributed by atoms with E-state index in [-0.39, 0.29) is 0 Å². The van der Waals surface area contributed by atoms with Crippen molar-refractivity contribution in [1.29, 1.82) is 0 Å². The van der Waals surface area contributed by atoms with Gasteiger partial charge in [0.25, 0.3) is 0 Å². The van der Waals surface area contributed by atoms with Gasteiger partial charge in [0.1, 0.15) is 0 Å². The first-order chi connectivity index (χ1) is 13.7. The lowest BCUT2D eigenvalue weighted by molar-refractivity contribution is 0.476. The van der Waals surface area contributed by atoms with Crippen LogP contribution in [0.15, 0.2) is 35.6 Å². The lowest BCUT2D eigenvalue weighted by Gasteiger charge is -2.45. The van der Waals surface area contributed by atoms with E-state index in [1.807, 2.05) is 24.5 Å². The van der Waals surface area contributed by atoms with Crippen LogP contribution < -0.4 is 15.2 Å². The highest BCUT2D eigenvalue weighted by Crippen LogP contribution is 2.39. The van der Waals surface area contributed by atoms with Crippen LogP contribution in [0.3, 0.4) is 0 Å². The number of hydrazone groups is 1. The van der Waals surface area contributed by atoms with Crippen LogP contribution in [0.1, 0.15) is 50.2 Å². The van der Waals surface area contributed by atoms with Crippen LogP contribution in [0, 0.1) is 6.92 Å². The van der Waals surface area contributed by atoms with E-state index < -0.39 is 0 Å². The van der Waals surface area contributed by atoms with Crippen molar-refractivity contribution in [2.75, 3.05) is 28.8 Å². The van der Waals surface area contributed by atoms with Gasteiger partial charge in [0.05, 0.1) is 18.1 Å². The Morgan fingerprint density at radius 3 is 2.79 bits per heavy atom. The minimum Gasteiger partial charge on any atom is -0.368 e. The number of likely N-dealkylation sites (N-methyl/N-ethyl adjacent to an activating group) is 1. The quantitative estimate of drug-likeness (QED) is 0.624. The van der Waals surface area contributed by atoms with Gasteiger partial charge in [-0.1, -0.05) is 44.0 Å². The third-order valence-corrected chi connectivity index (χ3v) is 6.03. The number of anilines is 3. The van der Waals surface area contributed by atoms with E-state index in [4.69, 9.17) is 4.98 Å². The molecule has 1 fully saturated rings. The van der Waals surface area contributed by atoms with Crippen molar-refractivity contribution in [2.24, 2.45) is 5.10 Å². The second kappa shape index (κ2) is 8.17. The fourth-order valence-corrected chi connectivity index (χ4v) is 4.43. The molecule has 2 aliphatic rings. The van der Waals surface area contributed by atoms with Crippen molar-refractivity contribution in [3.05, 3.63) is 41.6 Å². The van der Waals surface area contributed by atoms with Crippen molar-refractivity contribution in [3.63, 3.8) is 0 Å². The summed E-state index contributed by atoms with van der Waals surface area (Å²) >= 11 is 0. The smallest absolute Gasteiger partial charge is 0.245 e. The molecule has 1 aromatic heterocycles. The zero-order valence-corrected chi connectivity index (χ0v) is 17.1. The maximum Gasteiger partial charge on any atom is 0.245 e. The Hall–Kier alpha value is -2.63. The molecule has 0 spiro atoms. The van der Waals surface area contributed by atoms with Gasteiger partial charge in [-0.05, 0) is 37.3 Å². The highest BCUT2D eigenvalue weighted by Gasteiger charge is 2.35. The molecule has 1 N–H and O–H groups in total. The summed E-state index contributed by atoms with van der Waals surface area (Å²) in [5, 5.41) is 4.37. The highest BCUT2D eigenvalue weighted by molar-refractivity contribution is 5.82. The Labute approximate surface area is 167 Å². The Morgan fingerprint density at radius 2 is 2.04 bits per heavy atom. The molecular formula is C22H30N6. The number of nitrogens with zero attached hydrogens (tertiary/aromatic N) is 5. The molecule has 2 aromatic rings. The van der Waals surface area contributed by atoms with Crippen LogP contribution >= 0.6 is 0 Å². The Kier molecular flexibility index (Phi) is 5.46. The molecule has 1 atom stereocenters. The van der Waals surface area contributed by atoms with Gasteiger partial charge in [0, 0.05) is 25.7 Å². The maximum absolute atomic E-state index is 4.89. The van der Waals surface area contributed by atoms with Gasteiger partial charge in [0.15, 0.2) is 5.82 Å². The molecule has 1 aliphatic carbocycles. The molecular weight excluding hydrogens is 348 g/mol. The van der Waals surface area contributed by atoms with Crippen LogP contribution in [0.4, 0.5) is 17.5 Å². The maximum atomic E-state index is 4.89. The topological polar surface area (TPSA) is 56.7 Å². The number of aryl methyl sites for hydroxylation is 1. The van der Waals surface area contributed by atoms with E-state index in [2.05, 4.69) is 58.3 Å². The summed E-state index contributed by atoms with van der Waals surface area (Å²) in [5.41, 5.74) is 6.43. The van der Waals surface area contributed by atoms with Crippen molar-refractivity contribution >= 4 is 23.7 Å². The minimum atomic E-state index is 0.499. The SMILES string of the molecule is CCC1CN(C)c2cnc(N/N=C/c3ccccc3C)nc2N1C1CCCC1. The van der Waals surface area contributed by atoms with E-state index in [9.17, 15) is 0 Å². The molecule has 1 aliphatic heterocycles. The van der Waals surface area contributed by atoms with Gasteiger partial charge in [-0.3, -0.25) is 0 Å². The van der Waals surface area contributed by atoms with Gasteiger partial charge >= 0.3 is 0 Å². The van der Waals surface area contributed by atoms with E-state index in [1.165, 1.54) is 31.2 Å². The highest BCUT2D eigenvalue weighted by atomic mass is 15.4. The van der Waals surface area contributed by atoms with E-state index in [1.54, 1.807) is 0 Å². The van der Waals surface area contributed by atoms with Crippen LogP contribution in [-0.2, 0) is 0 Å². The van der Waals surface area contributed by atoms with Gasteiger partial charge in [-0.25, -0.2) is 10.4 Å². The fraction of sp³-hybridized carbons (Fsp3) is 0.500. The number of hydrogen-bond donors (Lipinski definition) is 1. The molecule has 2 heterocycles. The molecule has 0 amide bonds. The first kappa shape index (κ1) is 18.7. The van der Waals surface area contributed by atoms with Crippen LogP contribution in [0.5, 0.6) is 0 Å². The zero-order valence-electron chi connectivity index (χ0n) is 17.1. The number of benzene rings is 1. The van der Waals surface area contributed by atoms with Gasteiger partial charge in [0.2, 0.25) is 5.95 Å². The number of aromatic nitrogens is 2. The van der Waals surface area contributed by atoms with Crippen LogP contribution in [0.25, 0.3) is 0 Å². The molecule has 1 aromatic carbocycles. The third-order valence-electron chi connectivity index (χ3n) is 6.03. The second-order valence-electron chi connectivity index (χ2n) is 7.92. The number of fused-ring (bicyclic) bond motifs is 1. The predicted molar refractivity (Wildman–Crippen MR) is 117 cm³/mol. The fourth-order valence-electron chi connectivity index (χ4n) is 4.43. The van der Waals surface area contributed by atoms with E-state index >= 15 is 0 Å². The molecule has 0 bridgehead atoms. The minimum absolute atomic E-state index is 0.499. The molecule has 4 rings (SSSR count). The molecule has 1 unspecified atom stereocenters. The Morgan fingerprint density at radius 1 is 1.25 bits per heavy atom. The van der Waals surface area contributed by atoms with Gasteiger partial charge < -0.3 is 9.80 Å². The second-order valence-corrected chi connectivity index (χ2v) is 7.92. The van der Waals surface area contributed by atoms with Gasteiger partial charge in [-0.2, -0.15) is 10.1 Å². The molecule has 0 radical (unpaired) electrons. The summed E-state index contributed by atoms with van der Waals surface area (Å²) < 4.78 is 0. The van der Waals surface area contributed by atoms with Crippen molar-refractivity contribution in [1.82, 2.24) is 9.97 Å². The van der Waals surface area contributed by atoms with Gasteiger partial charge in [-0.15, -0.1) is 0 Å². The van der Waals surface area contributed by atoms with Crippen molar-refractivity contribution < 1.29 is 0 Å². The first-order valence-corrected chi connectivity index (χ1v) is 10.4.